The fourth-order valence-electron chi connectivity index (χ4n) is 2.45. The minimum Gasteiger partial charge on any atom is -0.352 e. The third-order valence-electron chi connectivity index (χ3n) is 3.60. The quantitative estimate of drug-likeness (QED) is 0.690. The summed E-state index contributed by atoms with van der Waals surface area (Å²) in [7, 11) is 1.58. The van der Waals surface area contributed by atoms with E-state index in [2.05, 4.69) is 21.9 Å². The fourth-order valence-corrected chi connectivity index (χ4v) is 2.45. The Balaban J connectivity index is 2.23. The molecular weight excluding hydrogens is 294 g/mol. The molecule has 0 saturated heterocycles. The zero-order chi connectivity index (χ0) is 16.4. The van der Waals surface area contributed by atoms with Gasteiger partial charge in [-0.3, -0.25) is 18.9 Å². The number of nitrogens with zero attached hydrogens (tertiary/aromatic N) is 3. The van der Waals surface area contributed by atoms with Crippen molar-refractivity contribution in [3.8, 4) is 0 Å². The minimum atomic E-state index is -0.484. The maximum atomic E-state index is 12.3. The number of aryl methyl sites for hydroxylation is 1. The number of rotatable bonds is 5. The lowest BCUT2D eigenvalue weighted by atomic mass is 10.2. The van der Waals surface area contributed by atoms with Crippen LogP contribution in [0.1, 0.15) is 5.56 Å². The van der Waals surface area contributed by atoms with Crippen molar-refractivity contribution in [1.82, 2.24) is 19.1 Å². The highest BCUT2D eigenvalue weighted by Crippen LogP contribution is 2.17. The molecule has 7 heteroatoms. The van der Waals surface area contributed by atoms with Crippen molar-refractivity contribution in [2.75, 3.05) is 11.9 Å². The second-order valence-corrected chi connectivity index (χ2v) is 5.17. The van der Waals surface area contributed by atoms with Gasteiger partial charge in [0.15, 0.2) is 11.2 Å². The van der Waals surface area contributed by atoms with Crippen LogP contribution in [0.3, 0.4) is 0 Å². The van der Waals surface area contributed by atoms with Crippen LogP contribution in [0.2, 0.25) is 0 Å². The zero-order valence-electron chi connectivity index (χ0n) is 12.7. The summed E-state index contributed by atoms with van der Waals surface area (Å²) in [5.74, 6) is 0.524. The van der Waals surface area contributed by atoms with Gasteiger partial charge < -0.3 is 5.32 Å². The molecule has 3 rings (SSSR count). The fraction of sp³-hybridized carbons (Fsp3) is 0.188. The van der Waals surface area contributed by atoms with E-state index in [1.807, 2.05) is 30.3 Å². The van der Waals surface area contributed by atoms with E-state index in [1.54, 1.807) is 17.7 Å². The van der Waals surface area contributed by atoms with E-state index in [9.17, 15) is 9.59 Å². The molecule has 0 amide bonds. The molecule has 23 heavy (non-hydrogen) atoms. The van der Waals surface area contributed by atoms with Gasteiger partial charge >= 0.3 is 5.69 Å². The smallest absolute Gasteiger partial charge is 0.329 e. The van der Waals surface area contributed by atoms with Gasteiger partial charge in [-0.1, -0.05) is 36.4 Å². The van der Waals surface area contributed by atoms with Crippen molar-refractivity contribution < 1.29 is 0 Å². The lowest BCUT2D eigenvalue weighted by Gasteiger charge is -2.09. The standard InChI is InChI=1S/C16H17N5O2/c1-3-9-17-15-18-13-12(14(22)19-16(23)20(13)2)21(15)10-11-7-5-4-6-8-11/h3-8H,1,9-10H2,2H3,(H,17,18)(H,19,22,23). The second-order valence-electron chi connectivity index (χ2n) is 5.17. The third-order valence-corrected chi connectivity index (χ3v) is 3.60. The number of fused-ring (bicyclic) bond motifs is 1. The Morgan fingerprint density at radius 2 is 2.04 bits per heavy atom. The van der Waals surface area contributed by atoms with E-state index in [0.29, 0.717) is 30.2 Å². The van der Waals surface area contributed by atoms with Crippen LogP contribution in [-0.2, 0) is 13.6 Å². The predicted octanol–water partition coefficient (Wildman–Crippen LogP) is 1.07. The molecule has 2 aromatic heterocycles. The molecule has 1 aromatic carbocycles. The van der Waals surface area contributed by atoms with Crippen molar-refractivity contribution in [3.63, 3.8) is 0 Å². The van der Waals surface area contributed by atoms with Crippen LogP contribution in [-0.4, -0.2) is 25.6 Å². The predicted molar refractivity (Wildman–Crippen MR) is 89.8 cm³/mol. The average Bonchev–Trinajstić information content (AvgIpc) is 2.91. The first-order valence-corrected chi connectivity index (χ1v) is 7.20. The number of H-pyrrole nitrogens is 1. The van der Waals surface area contributed by atoms with E-state index in [1.165, 1.54) is 4.57 Å². The normalized spacial score (nSPS) is 10.8. The number of hydrogen-bond acceptors (Lipinski definition) is 4. The lowest BCUT2D eigenvalue weighted by Crippen LogP contribution is -2.29. The summed E-state index contributed by atoms with van der Waals surface area (Å²) in [6.45, 7) is 4.64. The van der Waals surface area contributed by atoms with Crippen molar-refractivity contribution in [2.24, 2.45) is 7.05 Å². The number of imidazole rings is 1. The Labute approximate surface area is 131 Å². The number of aromatic nitrogens is 4. The Hall–Kier alpha value is -3.09. The van der Waals surface area contributed by atoms with Gasteiger partial charge in [0.1, 0.15) is 0 Å². The van der Waals surface area contributed by atoms with Crippen molar-refractivity contribution >= 4 is 17.1 Å². The van der Waals surface area contributed by atoms with Gasteiger partial charge in [0.2, 0.25) is 5.95 Å². The number of benzene rings is 1. The van der Waals surface area contributed by atoms with Crippen molar-refractivity contribution in [3.05, 3.63) is 69.4 Å². The topological polar surface area (TPSA) is 84.7 Å². The van der Waals surface area contributed by atoms with E-state index < -0.39 is 11.2 Å². The SMILES string of the molecule is C=CCNc1nc2c(c(=O)[nH]c(=O)n2C)n1Cc1ccccc1. The van der Waals surface area contributed by atoms with Crippen LogP contribution < -0.4 is 16.6 Å². The highest BCUT2D eigenvalue weighted by molar-refractivity contribution is 5.74. The lowest BCUT2D eigenvalue weighted by molar-refractivity contribution is 0.808. The van der Waals surface area contributed by atoms with E-state index in [-0.39, 0.29) is 0 Å². The van der Waals surface area contributed by atoms with Crippen molar-refractivity contribution in [1.29, 1.82) is 0 Å². The maximum absolute atomic E-state index is 12.3. The molecule has 0 spiro atoms. The van der Waals surface area contributed by atoms with Crippen LogP contribution in [0.4, 0.5) is 5.95 Å². The first-order chi connectivity index (χ1) is 11.1. The minimum absolute atomic E-state index is 0.348. The second kappa shape index (κ2) is 5.96. The summed E-state index contributed by atoms with van der Waals surface area (Å²) < 4.78 is 3.10. The summed E-state index contributed by atoms with van der Waals surface area (Å²) >= 11 is 0. The summed E-state index contributed by atoms with van der Waals surface area (Å²) in [6.07, 6.45) is 1.70. The van der Waals surface area contributed by atoms with Gasteiger partial charge in [-0.05, 0) is 5.56 Å². The Morgan fingerprint density at radius 3 is 2.74 bits per heavy atom. The Morgan fingerprint density at radius 1 is 1.30 bits per heavy atom. The molecule has 2 N–H and O–H groups in total. The first-order valence-electron chi connectivity index (χ1n) is 7.20. The van der Waals surface area contributed by atoms with E-state index in [4.69, 9.17) is 0 Å². The first kappa shape index (κ1) is 14.8. The van der Waals surface area contributed by atoms with E-state index in [0.717, 1.165) is 5.56 Å². The highest BCUT2D eigenvalue weighted by atomic mass is 16.2. The summed E-state index contributed by atoms with van der Waals surface area (Å²) in [5.41, 5.74) is 0.811. The molecule has 0 aliphatic rings. The number of hydrogen-bond donors (Lipinski definition) is 2. The molecule has 2 heterocycles. The Kier molecular flexibility index (Phi) is 3.84. The molecule has 0 radical (unpaired) electrons. The largest absolute Gasteiger partial charge is 0.352 e. The zero-order valence-corrected chi connectivity index (χ0v) is 12.7. The third kappa shape index (κ3) is 2.68. The number of nitrogens with one attached hydrogen (secondary N) is 2. The number of aromatic amines is 1. The summed E-state index contributed by atoms with van der Waals surface area (Å²) in [6, 6.07) is 9.75. The summed E-state index contributed by atoms with van der Waals surface area (Å²) in [4.78, 5) is 30.8. The van der Waals surface area contributed by atoms with Crippen LogP contribution in [0.25, 0.3) is 11.2 Å². The molecule has 0 fully saturated rings. The Bertz CT molecular complexity index is 966. The molecule has 0 aliphatic carbocycles. The van der Waals surface area contributed by atoms with Crippen LogP contribution in [0.15, 0.2) is 52.6 Å². The van der Waals surface area contributed by atoms with Crippen LogP contribution >= 0.6 is 0 Å². The van der Waals surface area contributed by atoms with Crippen molar-refractivity contribution in [2.45, 2.75) is 6.54 Å². The van der Waals surface area contributed by atoms with Gasteiger partial charge in [-0.2, -0.15) is 4.98 Å². The molecule has 0 atom stereocenters. The van der Waals surface area contributed by atoms with Gasteiger partial charge in [0.25, 0.3) is 5.56 Å². The molecule has 7 nitrogen and oxygen atoms in total. The number of anilines is 1. The molecule has 0 bridgehead atoms. The monoisotopic (exact) mass is 311 g/mol. The van der Waals surface area contributed by atoms with E-state index >= 15 is 0 Å². The molecule has 0 saturated carbocycles. The molecule has 3 aromatic rings. The molecular formula is C16H17N5O2. The van der Waals surface area contributed by atoms with Crippen LogP contribution in [0.5, 0.6) is 0 Å². The average molecular weight is 311 g/mol. The van der Waals surface area contributed by atoms with Crippen LogP contribution in [0, 0.1) is 0 Å². The molecule has 118 valence electrons. The molecule has 0 aliphatic heterocycles. The highest BCUT2D eigenvalue weighted by Gasteiger charge is 2.17. The van der Waals surface area contributed by atoms with Gasteiger partial charge in [0, 0.05) is 13.6 Å². The summed E-state index contributed by atoms with van der Waals surface area (Å²) in [5, 5.41) is 3.11. The van der Waals surface area contributed by atoms with Gasteiger partial charge in [-0.25, -0.2) is 4.79 Å². The maximum Gasteiger partial charge on any atom is 0.329 e. The van der Waals surface area contributed by atoms with Gasteiger partial charge in [0.05, 0.1) is 6.54 Å². The molecule has 0 unspecified atom stereocenters. The van der Waals surface area contributed by atoms with Gasteiger partial charge in [-0.15, -0.1) is 6.58 Å².